The molecule has 0 saturated heterocycles. The lowest BCUT2D eigenvalue weighted by molar-refractivity contribution is 0.0756. The van der Waals surface area contributed by atoms with Crippen molar-refractivity contribution in [3.8, 4) is 5.75 Å². The summed E-state index contributed by atoms with van der Waals surface area (Å²) in [4.78, 5) is 12.0. The summed E-state index contributed by atoms with van der Waals surface area (Å²) < 4.78 is 12.7. The molecule has 0 bridgehead atoms. The van der Waals surface area contributed by atoms with E-state index in [1.807, 2.05) is 45.0 Å². The summed E-state index contributed by atoms with van der Waals surface area (Å²) in [5, 5.41) is 7.06. The minimum atomic E-state index is -0.186. The second kappa shape index (κ2) is 9.08. The van der Waals surface area contributed by atoms with Gasteiger partial charge in [-0.25, -0.2) is 4.68 Å². The highest BCUT2D eigenvalue weighted by molar-refractivity contribution is 5.92. The van der Waals surface area contributed by atoms with Crippen LogP contribution < -0.4 is 10.1 Å². The van der Waals surface area contributed by atoms with Gasteiger partial charge < -0.3 is 14.8 Å². The molecular weight excluding hydrogens is 306 g/mol. The van der Waals surface area contributed by atoms with E-state index in [0.717, 1.165) is 17.7 Å². The monoisotopic (exact) mass is 331 g/mol. The maximum absolute atomic E-state index is 12.0. The molecule has 130 valence electrons. The zero-order valence-corrected chi connectivity index (χ0v) is 14.5. The molecule has 0 unspecified atom stereocenters. The number of nitrogens with one attached hydrogen (secondary N) is 1. The van der Waals surface area contributed by atoms with Gasteiger partial charge in [0, 0.05) is 19.3 Å². The molecular formula is C18H25N3O3. The molecule has 6 heteroatoms. The van der Waals surface area contributed by atoms with Crippen LogP contribution in [0.3, 0.4) is 0 Å². The molecule has 0 aliphatic rings. The molecule has 1 aromatic heterocycles. The highest BCUT2D eigenvalue weighted by Gasteiger charge is 2.09. The van der Waals surface area contributed by atoms with Crippen LogP contribution >= 0.6 is 0 Å². The van der Waals surface area contributed by atoms with Crippen LogP contribution in [0.4, 0.5) is 0 Å². The standard InChI is InChI=1S/C18H25N3O3/c1-14(2)23-12-6-10-19-18(22)16-9-11-21(20-16)13-24-17-8-5-4-7-15(17)3/h4-5,7-9,11,14H,6,10,12-13H2,1-3H3,(H,19,22). The average molecular weight is 331 g/mol. The summed E-state index contributed by atoms with van der Waals surface area (Å²) >= 11 is 0. The maximum atomic E-state index is 12.0. The number of hydrogen-bond donors (Lipinski definition) is 1. The number of aromatic nitrogens is 2. The van der Waals surface area contributed by atoms with E-state index in [4.69, 9.17) is 9.47 Å². The Bertz CT molecular complexity index is 652. The van der Waals surface area contributed by atoms with Gasteiger partial charge in [0.15, 0.2) is 6.73 Å². The lowest BCUT2D eigenvalue weighted by atomic mass is 10.2. The second-order valence-corrected chi connectivity index (χ2v) is 5.81. The maximum Gasteiger partial charge on any atom is 0.271 e. The van der Waals surface area contributed by atoms with Gasteiger partial charge in [0.1, 0.15) is 11.4 Å². The highest BCUT2D eigenvalue weighted by atomic mass is 16.5. The van der Waals surface area contributed by atoms with Crippen molar-refractivity contribution in [3.05, 3.63) is 47.8 Å². The van der Waals surface area contributed by atoms with Crippen LogP contribution in [0.2, 0.25) is 0 Å². The number of nitrogens with zero attached hydrogens (tertiary/aromatic N) is 2. The topological polar surface area (TPSA) is 65.4 Å². The lowest BCUT2D eigenvalue weighted by Crippen LogP contribution is -2.26. The highest BCUT2D eigenvalue weighted by Crippen LogP contribution is 2.16. The van der Waals surface area contributed by atoms with Gasteiger partial charge in [-0.15, -0.1) is 0 Å². The average Bonchev–Trinajstić information content (AvgIpc) is 3.02. The van der Waals surface area contributed by atoms with Crippen molar-refractivity contribution in [2.45, 2.75) is 40.0 Å². The predicted octanol–water partition coefficient (Wildman–Crippen LogP) is 2.77. The predicted molar refractivity (Wildman–Crippen MR) is 92.1 cm³/mol. The summed E-state index contributed by atoms with van der Waals surface area (Å²) in [6.07, 6.45) is 2.72. The van der Waals surface area contributed by atoms with Gasteiger partial charge >= 0.3 is 0 Å². The third-order valence-electron chi connectivity index (χ3n) is 3.38. The number of benzene rings is 1. The van der Waals surface area contributed by atoms with Crippen molar-refractivity contribution in [3.63, 3.8) is 0 Å². The fourth-order valence-electron chi connectivity index (χ4n) is 2.09. The van der Waals surface area contributed by atoms with Crippen LogP contribution in [0.15, 0.2) is 36.5 Å². The number of hydrogen-bond acceptors (Lipinski definition) is 4. The molecule has 0 fully saturated rings. The quantitative estimate of drug-likeness (QED) is 0.718. The number of para-hydroxylation sites is 1. The van der Waals surface area contributed by atoms with E-state index >= 15 is 0 Å². The fourth-order valence-corrected chi connectivity index (χ4v) is 2.09. The van der Waals surface area contributed by atoms with Gasteiger partial charge in [0.25, 0.3) is 5.91 Å². The third kappa shape index (κ3) is 5.70. The molecule has 0 spiro atoms. The SMILES string of the molecule is Cc1ccccc1OCn1ccc(C(=O)NCCCOC(C)C)n1. The molecule has 2 rings (SSSR count). The van der Waals surface area contributed by atoms with Crippen molar-refractivity contribution >= 4 is 5.91 Å². The normalized spacial score (nSPS) is 10.8. The molecule has 0 aliphatic carbocycles. The van der Waals surface area contributed by atoms with Crippen LogP contribution in [-0.4, -0.2) is 34.9 Å². The van der Waals surface area contributed by atoms with Gasteiger partial charge in [-0.2, -0.15) is 5.10 Å². The minimum Gasteiger partial charge on any atom is -0.471 e. The van der Waals surface area contributed by atoms with E-state index in [2.05, 4.69) is 10.4 Å². The van der Waals surface area contributed by atoms with Gasteiger partial charge in [-0.1, -0.05) is 18.2 Å². The minimum absolute atomic E-state index is 0.186. The molecule has 1 amide bonds. The number of ether oxygens (including phenoxy) is 2. The molecule has 1 heterocycles. The first-order chi connectivity index (χ1) is 11.6. The largest absolute Gasteiger partial charge is 0.471 e. The molecule has 0 radical (unpaired) electrons. The summed E-state index contributed by atoms with van der Waals surface area (Å²) in [5.74, 6) is 0.623. The Kier molecular flexibility index (Phi) is 6.81. The van der Waals surface area contributed by atoms with Gasteiger partial charge in [-0.3, -0.25) is 4.79 Å². The van der Waals surface area contributed by atoms with E-state index < -0.39 is 0 Å². The molecule has 6 nitrogen and oxygen atoms in total. The third-order valence-corrected chi connectivity index (χ3v) is 3.38. The Balaban J connectivity index is 1.76. The molecule has 0 saturated carbocycles. The smallest absolute Gasteiger partial charge is 0.271 e. The first kappa shape index (κ1) is 18.0. The van der Waals surface area contributed by atoms with Gasteiger partial charge in [0.05, 0.1) is 6.10 Å². The van der Waals surface area contributed by atoms with Crippen LogP contribution in [0.25, 0.3) is 0 Å². The van der Waals surface area contributed by atoms with Crippen molar-refractivity contribution in [1.82, 2.24) is 15.1 Å². The first-order valence-corrected chi connectivity index (χ1v) is 8.18. The Morgan fingerprint density at radius 2 is 2.08 bits per heavy atom. The van der Waals surface area contributed by atoms with Crippen molar-refractivity contribution in [1.29, 1.82) is 0 Å². The number of aryl methyl sites for hydroxylation is 1. The Labute approximate surface area is 142 Å². The van der Waals surface area contributed by atoms with E-state index in [1.165, 1.54) is 0 Å². The fraction of sp³-hybridized carbons (Fsp3) is 0.444. The molecule has 2 aromatic rings. The number of carbonyl (C=O) groups is 1. The Morgan fingerprint density at radius 1 is 1.29 bits per heavy atom. The second-order valence-electron chi connectivity index (χ2n) is 5.81. The molecule has 0 aliphatic heterocycles. The number of amides is 1. The van der Waals surface area contributed by atoms with E-state index in [9.17, 15) is 4.79 Å². The Hall–Kier alpha value is -2.34. The molecule has 1 N–H and O–H groups in total. The number of carbonyl (C=O) groups excluding carboxylic acids is 1. The summed E-state index contributed by atoms with van der Waals surface area (Å²) in [7, 11) is 0. The van der Waals surface area contributed by atoms with Crippen molar-refractivity contribution < 1.29 is 14.3 Å². The van der Waals surface area contributed by atoms with Crippen LogP contribution in [-0.2, 0) is 11.5 Å². The summed E-state index contributed by atoms with van der Waals surface area (Å²) in [5.41, 5.74) is 1.44. The lowest BCUT2D eigenvalue weighted by Gasteiger charge is -2.08. The van der Waals surface area contributed by atoms with Gasteiger partial charge in [-0.05, 0) is 44.9 Å². The van der Waals surface area contributed by atoms with Gasteiger partial charge in [0.2, 0.25) is 0 Å². The van der Waals surface area contributed by atoms with Crippen LogP contribution in [0, 0.1) is 6.92 Å². The van der Waals surface area contributed by atoms with Crippen molar-refractivity contribution in [2.75, 3.05) is 13.2 Å². The van der Waals surface area contributed by atoms with Crippen LogP contribution in [0.5, 0.6) is 5.75 Å². The molecule has 1 aromatic carbocycles. The number of rotatable bonds is 9. The summed E-state index contributed by atoms with van der Waals surface area (Å²) in [6, 6.07) is 9.46. The zero-order valence-electron chi connectivity index (χ0n) is 14.5. The zero-order chi connectivity index (χ0) is 17.4. The first-order valence-electron chi connectivity index (χ1n) is 8.18. The van der Waals surface area contributed by atoms with E-state index in [-0.39, 0.29) is 18.7 Å². The molecule has 24 heavy (non-hydrogen) atoms. The Morgan fingerprint density at radius 3 is 2.83 bits per heavy atom. The molecule has 0 atom stereocenters. The van der Waals surface area contributed by atoms with Crippen molar-refractivity contribution in [2.24, 2.45) is 0 Å². The van der Waals surface area contributed by atoms with E-state index in [0.29, 0.717) is 18.8 Å². The van der Waals surface area contributed by atoms with E-state index in [1.54, 1.807) is 16.9 Å². The summed E-state index contributed by atoms with van der Waals surface area (Å²) in [6.45, 7) is 7.43. The van der Waals surface area contributed by atoms with Crippen LogP contribution in [0.1, 0.15) is 36.3 Å².